The number of carbonyl (C=O) groups is 3. The van der Waals surface area contributed by atoms with Crippen LogP contribution in [0.15, 0.2) is 45.7 Å². The highest BCUT2D eigenvalue weighted by molar-refractivity contribution is 5.98. The second kappa shape index (κ2) is 19.8. The molecule has 0 aromatic carbocycles. The van der Waals surface area contributed by atoms with E-state index < -0.39 is 0 Å². The number of pyridine rings is 1. The molecule has 1 aliphatic rings. The Bertz CT molecular complexity index is 1370. The quantitative estimate of drug-likeness (QED) is 0.284. The van der Waals surface area contributed by atoms with Gasteiger partial charge in [-0.15, -0.1) is 0 Å². The van der Waals surface area contributed by atoms with Crippen molar-refractivity contribution in [3.8, 4) is 0 Å². The van der Waals surface area contributed by atoms with Gasteiger partial charge in [-0.3, -0.25) is 19.2 Å². The molecule has 3 rings (SSSR count). The van der Waals surface area contributed by atoms with Crippen molar-refractivity contribution in [2.45, 2.75) is 95.3 Å². The van der Waals surface area contributed by atoms with Crippen LogP contribution in [0.25, 0.3) is 0 Å². The van der Waals surface area contributed by atoms with Crippen LogP contribution in [0.2, 0.25) is 0 Å². The van der Waals surface area contributed by atoms with Gasteiger partial charge in [-0.25, -0.2) is 9.97 Å². The summed E-state index contributed by atoms with van der Waals surface area (Å²) in [5, 5.41) is 7.68. The minimum absolute atomic E-state index is 0.0666. The molecule has 0 atom stereocenters. The summed E-state index contributed by atoms with van der Waals surface area (Å²) in [6.07, 6.45) is 8.36. The zero-order valence-electron chi connectivity index (χ0n) is 29.8. The van der Waals surface area contributed by atoms with E-state index in [-0.39, 0.29) is 59.0 Å². The molecule has 0 radical (unpaired) electrons. The smallest absolute Gasteiger partial charge is 0.247 e. The number of ether oxygens (including phenoxy) is 3. The van der Waals surface area contributed by atoms with Gasteiger partial charge in [0.15, 0.2) is 17.3 Å². The first kappa shape index (κ1) is 41.3. The zero-order chi connectivity index (χ0) is 35.7. The average molecular weight is 656 g/mol. The summed E-state index contributed by atoms with van der Waals surface area (Å²) in [6, 6.07) is 3.12. The molecule has 0 spiro atoms. The fraction of sp³-hybridized carbons (Fsp3) is 0.600. The molecule has 2 aromatic rings. The molecule has 0 unspecified atom stereocenters. The molecular formula is C35H53N5O7. The van der Waals surface area contributed by atoms with Gasteiger partial charge in [-0.1, -0.05) is 62.3 Å². The first-order chi connectivity index (χ1) is 21.8. The molecule has 47 heavy (non-hydrogen) atoms. The molecule has 0 fully saturated rings. The second-order valence-corrected chi connectivity index (χ2v) is 14.2. The van der Waals surface area contributed by atoms with Gasteiger partial charge in [0.25, 0.3) is 0 Å². The van der Waals surface area contributed by atoms with Gasteiger partial charge in [0.2, 0.25) is 5.56 Å². The summed E-state index contributed by atoms with van der Waals surface area (Å²) in [5.41, 5.74) is 1.59. The lowest BCUT2D eigenvalue weighted by atomic mass is 9.91. The molecule has 0 amide bonds. The highest BCUT2D eigenvalue weighted by Crippen LogP contribution is 2.16. The number of nitrogens with zero attached hydrogens (tertiary/aromatic N) is 4. The van der Waals surface area contributed by atoms with Crippen LogP contribution in [-0.4, -0.2) is 70.7 Å². The van der Waals surface area contributed by atoms with Crippen molar-refractivity contribution in [3.63, 3.8) is 0 Å². The standard InChI is InChI=1S/C12H18N2O2.C12H17NO3.C11H18N2O2/c1-9-13-5-10(6-14-9)7-16-8-11(15)12(2,3)4;1-12(2,3)10(14)8-16-7-9-4-5-11(15)13-6-9;1-11(2,3)10(14)8-15-7-5-9-4-6-12-13-9/h5-6H,7-8H2,1-4H3;4-6H,7-8H2,1-3H3,(H,13,15);6H,4-5,7-8H2,1-3H3. The minimum atomic E-state index is -0.370. The average Bonchev–Trinajstić information content (AvgIpc) is 3.50. The van der Waals surface area contributed by atoms with Crippen molar-refractivity contribution in [3.05, 3.63) is 58.0 Å². The van der Waals surface area contributed by atoms with E-state index in [1.54, 1.807) is 30.9 Å². The lowest BCUT2D eigenvalue weighted by Crippen LogP contribution is -2.25. The number of ketones is 3. The van der Waals surface area contributed by atoms with Crippen LogP contribution in [0.4, 0.5) is 0 Å². The van der Waals surface area contributed by atoms with E-state index in [4.69, 9.17) is 14.2 Å². The molecule has 12 heteroatoms. The lowest BCUT2D eigenvalue weighted by molar-refractivity contribution is -0.132. The Labute approximate surface area is 278 Å². The van der Waals surface area contributed by atoms with Crippen molar-refractivity contribution < 1.29 is 28.6 Å². The summed E-state index contributed by atoms with van der Waals surface area (Å²) in [4.78, 5) is 56.0. The molecule has 1 aliphatic heterocycles. The third kappa shape index (κ3) is 18.9. The number of H-pyrrole nitrogens is 1. The van der Waals surface area contributed by atoms with E-state index in [1.165, 1.54) is 6.07 Å². The molecule has 3 heterocycles. The molecule has 12 nitrogen and oxygen atoms in total. The van der Waals surface area contributed by atoms with Crippen LogP contribution in [0, 0.1) is 23.2 Å². The Balaban J connectivity index is 0.000000353. The van der Waals surface area contributed by atoms with Gasteiger partial charge in [0, 0.05) is 71.2 Å². The fourth-order valence-corrected chi connectivity index (χ4v) is 3.02. The van der Waals surface area contributed by atoms with E-state index in [9.17, 15) is 19.2 Å². The van der Waals surface area contributed by atoms with Crippen molar-refractivity contribution in [1.82, 2.24) is 15.0 Å². The topological polar surface area (TPSA) is 162 Å². The summed E-state index contributed by atoms with van der Waals surface area (Å²) in [5.74, 6) is 1.03. The van der Waals surface area contributed by atoms with E-state index in [0.717, 1.165) is 35.5 Å². The highest BCUT2D eigenvalue weighted by Gasteiger charge is 2.22. The Morgan fingerprint density at radius 3 is 1.66 bits per heavy atom. The number of aryl methyl sites for hydroxylation is 1. The lowest BCUT2D eigenvalue weighted by Gasteiger charge is -2.16. The fourth-order valence-electron chi connectivity index (χ4n) is 3.02. The molecule has 1 N–H and O–H groups in total. The third-order valence-corrected chi connectivity index (χ3v) is 6.57. The van der Waals surface area contributed by atoms with Crippen LogP contribution in [0.3, 0.4) is 0 Å². The van der Waals surface area contributed by atoms with Gasteiger partial charge < -0.3 is 19.2 Å². The maximum atomic E-state index is 11.6. The normalized spacial score (nSPS) is 12.8. The molecule has 260 valence electrons. The molecule has 0 aliphatic carbocycles. The van der Waals surface area contributed by atoms with Crippen LogP contribution in [0.1, 0.15) is 92.1 Å². The first-order valence-corrected chi connectivity index (χ1v) is 15.6. The number of Topliss-reactive ketones (excluding diaryl/α,β-unsaturated/α-hetero) is 3. The number of nitrogens with one attached hydrogen (secondary N) is 1. The number of hydrogen-bond acceptors (Lipinski definition) is 11. The maximum absolute atomic E-state index is 11.6. The molecular weight excluding hydrogens is 602 g/mol. The van der Waals surface area contributed by atoms with E-state index in [0.29, 0.717) is 19.8 Å². The Morgan fingerprint density at radius 2 is 1.23 bits per heavy atom. The van der Waals surface area contributed by atoms with Crippen LogP contribution < -0.4 is 5.56 Å². The number of aromatic amines is 1. The van der Waals surface area contributed by atoms with Gasteiger partial charge in [0.05, 0.1) is 19.8 Å². The van der Waals surface area contributed by atoms with Crippen LogP contribution in [-0.2, 0) is 41.8 Å². The summed E-state index contributed by atoms with van der Waals surface area (Å²) in [7, 11) is 0. The third-order valence-electron chi connectivity index (χ3n) is 6.57. The largest absolute Gasteiger partial charge is 0.373 e. The van der Waals surface area contributed by atoms with Crippen molar-refractivity contribution in [1.29, 1.82) is 0 Å². The Hall–Kier alpha value is -3.74. The van der Waals surface area contributed by atoms with E-state index >= 15 is 0 Å². The van der Waals surface area contributed by atoms with Crippen molar-refractivity contribution in [2.24, 2.45) is 26.4 Å². The van der Waals surface area contributed by atoms with Crippen LogP contribution >= 0.6 is 0 Å². The van der Waals surface area contributed by atoms with Gasteiger partial charge in [-0.05, 0) is 18.6 Å². The van der Waals surface area contributed by atoms with Crippen molar-refractivity contribution in [2.75, 3.05) is 26.4 Å². The summed E-state index contributed by atoms with van der Waals surface area (Å²) >= 11 is 0. The van der Waals surface area contributed by atoms with E-state index in [1.807, 2.05) is 69.2 Å². The Kier molecular flexibility index (Phi) is 17.4. The number of rotatable bonds is 13. The van der Waals surface area contributed by atoms with Gasteiger partial charge >= 0.3 is 0 Å². The molecule has 0 saturated carbocycles. The predicted octanol–water partition coefficient (Wildman–Crippen LogP) is 5.26. The molecule has 2 aromatic heterocycles. The minimum Gasteiger partial charge on any atom is -0.373 e. The predicted molar refractivity (Wildman–Crippen MR) is 183 cm³/mol. The van der Waals surface area contributed by atoms with E-state index in [2.05, 4.69) is 25.2 Å². The number of hydrogen-bond donors (Lipinski definition) is 1. The van der Waals surface area contributed by atoms with Gasteiger partial charge in [0.1, 0.15) is 25.6 Å². The van der Waals surface area contributed by atoms with Gasteiger partial charge in [-0.2, -0.15) is 10.2 Å². The molecule has 0 bridgehead atoms. The summed E-state index contributed by atoms with van der Waals surface area (Å²) < 4.78 is 15.9. The van der Waals surface area contributed by atoms with Crippen LogP contribution in [0.5, 0.6) is 0 Å². The zero-order valence-corrected chi connectivity index (χ0v) is 29.8. The number of aromatic nitrogens is 3. The monoisotopic (exact) mass is 655 g/mol. The second-order valence-electron chi connectivity index (χ2n) is 14.2. The number of carbonyl (C=O) groups excluding carboxylic acids is 3. The SMILES string of the molecule is CC(C)(C)C(=O)COCCC1=NN=CC1.CC(C)(C)C(=O)COCc1ccc(=O)[nH]c1.Cc1ncc(COCC(=O)C(C)(C)C)cn1. The highest BCUT2D eigenvalue weighted by atomic mass is 16.5. The summed E-state index contributed by atoms with van der Waals surface area (Å²) in [6.45, 7) is 20.4. The Morgan fingerprint density at radius 1 is 0.745 bits per heavy atom. The maximum Gasteiger partial charge on any atom is 0.247 e. The van der Waals surface area contributed by atoms with Crippen molar-refractivity contribution >= 4 is 29.3 Å². The first-order valence-electron chi connectivity index (χ1n) is 15.6. The molecule has 0 saturated heterocycles.